The first-order chi connectivity index (χ1) is 27.0. The third kappa shape index (κ3) is 4.55. The molecular formula is C51H38BNOSi. The molecule has 11 rings (SSSR count). The highest BCUT2D eigenvalue weighted by molar-refractivity contribution is 7.22. The number of hydrogen-bond acceptors (Lipinski definition) is 2. The highest BCUT2D eigenvalue weighted by Crippen LogP contribution is 2.41. The smallest absolute Gasteiger partial charge is 0.247 e. The van der Waals surface area contributed by atoms with Crippen LogP contribution in [0.1, 0.15) is 16.7 Å². The van der Waals surface area contributed by atoms with Gasteiger partial charge in [-0.2, -0.15) is 0 Å². The van der Waals surface area contributed by atoms with Crippen molar-refractivity contribution in [3.63, 3.8) is 0 Å². The second-order valence-corrected chi connectivity index (χ2v) is 19.1. The maximum absolute atomic E-state index is 6.26. The van der Waals surface area contributed by atoms with E-state index in [0.29, 0.717) is 0 Å². The van der Waals surface area contributed by atoms with Crippen LogP contribution in [0.4, 0.5) is 17.1 Å². The lowest BCUT2D eigenvalue weighted by atomic mass is 9.34. The van der Waals surface area contributed by atoms with Crippen molar-refractivity contribution in [1.29, 1.82) is 0 Å². The summed E-state index contributed by atoms with van der Waals surface area (Å²) in [6.07, 6.45) is 0. The summed E-state index contributed by atoms with van der Waals surface area (Å²) in [5.41, 5.74) is 16.3. The van der Waals surface area contributed by atoms with Gasteiger partial charge in [-0.15, -0.1) is 0 Å². The first-order valence-electron chi connectivity index (χ1n) is 19.3. The molecule has 4 heteroatoms. The monoisotopic (exact) mass is 719 g/mol. The Morgan fingerprint density at radius 3 is 1.85 bits per heavy atom. The van der Waals surface area contributed by atoms with Gasteiger partial charge >= 0.3 is 0 Å². The van der Waals surface area contributed by atoms with Crippen LogP contribution in [0.5, 0.6) is 0 Å². The molecule has 260 valence electrons. The molecule has 0 spiro atoms. The van der Waals surface area contributed by atoms with Crippen LogP contribution >= 0.6 is 0 Å². The lowest BCUT2D eigenvalue weighted by Crippen LogP contribution is -2.78. The molecule has 2 nitrogen and oxygen atoms in total. The Morgan fingerprint density at radius 2 is 1.09 bits per heavy atom. The Labute approximate surface area is 323 Å². The van der Waals surface area contributed by atoms with Gasteiger partial charge in [-0.1, -0.05) is 168 Å². The lowest BCUT2D eigenvalue weighted by Gasteiger charge is -2.49. The topological polar surface area (TPSA) is 16.4 Å². The Bertz CT molecular complexity index is 2920. The van der Waals surface area contributed by atoms with Crippen LogP contribution in [0.15, 0.2) is 180 Å². The highest BCUT2D eigenvalue weighted by Gasteiger charge is 2.52. The average molecular weight is 720 g/mol. The minimum absolute atomic E-state index is 0.110. The minimum Gasteiger partial charge on any atom is -0.456 e. The van der Waals surface area contributed by atoms with Crippen LogP contribution in [0.2, 0.25) is 0 Å². The van der Waals surface area contributed by atoms with Gasteiger partial charge < -0.3 is 9.32 Å². The van der Waals surface area contributed by atoms with E-state index in [1.54, 1.807) is 0 Å². The first kappa shape index (κ1) is 32.1. The second-order valence-electron chi connectivity index (χ2n) is 15.4. The van der Waals surface area contributed by atoms with Gasteiger partial charge in [-0.25, -0.2) is 0 Å². The number of hydrogen-bond donors (Lipinski definition) is 0. The Hall–Kier alpha value is -6.36. The van der Waals surface area contributed by atoms with Crippen molar-refractivity contribution in [3.05, 3.63) is 193 Å². The number of nitrogens with zero attached hydrogens (tertiary/aromatic N) is 1. The predicted molar refractivity (Wildman–Crippen MR) is 236 cm³/mol. The zero-order valence-corrected chi connectivity index (χ0v) is 32.2. The molecule has 0 atom stereocenters. The van der Waals surface area contributed by atoms with Crippen LogP contribution in [0.25, 0.3) is 33.1 Å². The molecule has 0 N–H and O–H groups in total. The zero-order valence-electron chi connectivity index (χ0n) is 31.2. The largest absolute Gasteiger partial charge is 0.456 e. The van der Waals surface area contributed by atoms with Crippen molar-refractivity contribution in [2.75, 3.05) is 4.90 Å². The maximum Gasteiger partial charge on any atom is 0.247 e. The van der Waals surface area contributed by atoms with E-state index < -0.39 is 8.07 Å². The van der Waals surface area contributed by atoms with E-state index in [1.807, 2.05) is 6.07 Å². The fourth-order valence-corrected chi connectivity index (χ4v) is 15.4. The molecule has 8 aromatic carbocycles. The third-order valence-corrected chi connectivity index (χ3v) is 17.1. The summed E-state index contributed by atoms with van der Waals surface area (Å²) in [7, 11) is -2.93. The summed E-state index contributed by atoms with van der Waals surface area (Å²) >= 11 is 0. The summed E-state index contributed by atoms with van der Waals surface area (Å²) in [5.74, 6) is 0. The van der Waals surface area contributed by atoms with Crippen LogP contribution in [0.3, 0.4) is 0 Å². The number of anilines is 3. The quantitative estimate of drug-likeness (QED) is 0.171. The van der Waals surface area contributed by atoms with E-state index in [2.05, 4.69) is 196 Å². The van der Waals surface area contributed by atoms with Crippen molar-refractivity contribution in [3.8, 4) is 11.1 Å². The molecule has 1 aromatic heterocycles. The molecule has 3 heterocycles. The van der Waals surface area contributed by atoms with Gasteiger partial charge in [0, 0.05) is 27.8 Å². The third-order valence-electron chi connectivity index (χ3n) is 12.3. The molecule has 0 saturated carbocycles. The van der Waals surface area contributed by atoms with Gasteiger partial charge in [0.25, 0.3) is 0 Å². The molecule has 2 aliphatic heterocycles. The van der Waals surface area contributed by atoms with Gasteiger partial charge in [-0.3, -0.25) is 0 Å². The molecule has 2 aliphatic rings. The van der Waals surface area contributed by atoms with Crippen LogP contribution in [-0.2, 0) is 0 Å². The van der Waals surface area contributed by atoms with Crippen molar-refractivity contribution >= 4 is 90.9 Å². The number of furan rings is 1. The minimum atomic E-state index is -2.93. The van der Waals surface area contributed by atoms with Crippen LogP contribution in [0, 0.1) is 20.8 Å². The Balaban J connectivity index is 1.26. The summed E-state index contributed by atoms with van der Waals surface area (Å²) in [4.78, 5) is 2.61. The molecule has 0 aliphatic carbocycles. The van der Waals surface area contributed by atoms with E-state index in [-0.39, 0.29) is 6.71 Å². The van der Waals surface area contributed by atoms with Gasteiger partial charge in [0.05, 0.1) is 0 Å². The molecule has 0 radical (unpaired) electrons. The number of fused-ring (bicyclic) bond motifs is 7. The van der Waals surface area contributed by atoms with Crippen molar-refractivity contribution in [2.45, 2.75) is 20.8 Å². The summed E-state index contributed by atoms with van der Waals surface area (Å²) in [5, 5.41) is 7.91. The van der Waals surface area contributed by atoms with E-state index in [1.165, 1.54) is 82.0 Å². The van der Waals surface area contributed by atoms with Crippen LogP contribution < -0.4 is 42.0 Å². The standard InChI is InChI=1S/C51H38BNOSi/c1-33-29-34(2)50(35(3)30-33)52-42-20-11-12-22-44(42)53-45-27-25-37(36-26-28-47-41(31-36)40-19-10-13-23-46(40)54-47)32-49(45)55(38-15-6-4-7-16-38,39-17-8-5-9-18-39)48-24-14-21-43(52)51(48)53/h4-32H,1-3H3. The summed E-state index contributed by atoms with van der Waals surface area (Å²) in [6, 6.07) is 66.2. The molecule has 0 unspecified atom stereocenters. The maximum atomic E-state index is 6.26. The molecule has 0 amide bonds. The Kier molecular flexibility index (Phi) is 7.05. The fourth-order valence-electron chi connectivity index (χ4n) is 10.2. The van der Waals surface area contributed by atoms with E-state index >= 15 is 0 Å². The first-order valence-corrected chi connectivity index (χ1v) is 21.3. The molecular weight excluding hydrogens is 681 g/mol. The average Bonchev–Trinajstić information content (AvgIpc) is 3.60. The molecule has 0 fully saturated rings. The van der Waals surface area contributed by atoms with Crippen LogP contribution in [-0.4, -0.2) is 14.8 Å². The normalized spacial score (nSPS) is 13.8. The molecule has 55 heavy (non-hydrogen) atoms. The molecule has 0 saturated heterocycles. The molecule has 9 aromatic rings. The van der Waals surface area contributed by atoms with Gasteiger partial charge in [0.1, 0.15) is 11.2 Å². The fraction of sp³-hybridized carbons (Fsp3) is 0.0588. The van der Waals surface area contributed by atoms with E-state index in [9.17, 15) is 0 Å². The zero-order chi connectivity index (χ0) is 36.8. The van der Waals surface area contributed by atoms with Crippen molar-refractivity contribution in [1.82, 2.24) is 0 Å². The second kappa shape index (κ2) is 12.1. The highest BCUT2D eigenvalue weighted by atomic mass is 28.3. The lowest BCUT2D eigenvalue weighted by molar-refractivity contribution is 0.669. The number of rotatable bonds is 4. The van der Waals surface area contributed by atoms with Gasteiger partial charge in [0.2, 0.25) is 6.71 Å². The van der Waals surface area contributed by atoms with E-state index in [4.69, 9.17) is 4.42 Å². The SMILES string of the molecule is Cc1cc(C)c(B2c3ccccc3N3c4ccc(-c5ccc6oc7ccccc7c6c5)cc4[Si](c4ccccc4)(c4ccccc4)c4cccc2c43)c(C)c1. The predicted octanol–water partition coefficient (Wildman–Crippen LogP) is 8.17. The molecule has 0 bridgehead atoms. The van der Waals surface area contributed by atoms with Gasteiger partial charge in [-0.05, 0) is 93.9 Å². The van der Waals surface area contributed by atoms with E-state index in [0.717, 1.165) is 21.9 Å². The summed E-state index contributed by atoms with van der Waals surface area (Å²) in [6.45, 7) is 6.92. The number of aryl methyl sites for hydroxylation is 3. The number of para-hydroxylation sites is 3. The number of benzene rings is 8. The Morgan fingerprint density at radius 1 is 0.473 bits per heavy atom. The van der Waals surface area contributed by atoms with Crippen molar-refractivity contribution < 1.29 is 4.42 Å². The summed E-state index contributed by atoms with van der Waals surface area (Å²) < 4.78 is 6.26. The van der Waals surface area contributed by atoms with Gasteiger partial charge in [0.15, 0.2) is 8.07 Å². The van der Waals surface area contributed by atoms with Crippen molar-refractivity contribution in [2.24, 2.45) is 0 Å².